The van der Waals surface area contributed by atoms with Crippen LogP contribution in [-0.4, -0.2) is 74.7 Å². The van der Waals surface area contributed by atoms with Gasteiger partial charge in [0.2, 0.25) is 0 Å². The van der Waals surface area contributed by atoms with E-state index in [1.165, 1.54) is 11.6 Å². The average molecular weight is 441 g/mol. The van der Waals surface area contributed by atoms with E-state index < -0.39 is 6.10 Å². The number of hydrogen-bond acceptors (Lipinski definition) is 5. The second kappa shape index (κ2) is 10.4. The van der Waals surface area contributed by atoms with Gasteiger partial charge in [0, 0.05) is 57.1 Å². The number of rotatable bonds is 6. The van der Waals surface area contributed by atoms with Gasteiger partial charge in [-0.2, -0.15) is 0 Å². The van der Waals surface area contributed by atoms with Gasteiger partial charge in [0.1, 0.15) is 11.9 Å². The van der Waals surface area contributed by atoms with Crippen molar-refractivity contribution in [3.05, 3.63) is 65.5 Å². The molecule has 0 aliphatic carbocycles. The fourth-order valence-electron chi connectivity index (χ4n) is 4.44. The Balaban J connectivity index is 1.40. The largest absolute Gasteiger partial charge is 0.369 e. The summed E-state index contributed by atoms with van der Waals surface area (Å²) in [6, 6.07) is 14.8. The van der Waals surface area contributed by atoms with E-state index in [1.54, 1.807) is 6.07 Å². The van der Waals surface area contributed by atoms with Crippen LogP contribution >= 0.6 is 0 Å². The minimum atomic E-state index is -0.532. The van der Waals surface area contributed by atoms with Crippen LogP contribution in [0.2, 0.25) is 0 Å². The molecule has 0 bridgehead atoms. The quantitative estimate of drug-likeness (QED) is 0.749. The summed E-state index contributed by atoms with van der Waals surface area (Å²) in [7, 11) is 2.11. The second-order valence-corrected chi connectivity index (χ2v) is 8.80. The fourth-order valence-corrected chi connectivity index (χ4v) is 4.44. The number of benzene rings is 2. The highest BCUT2D eigenvalue weighted by Gasteiger charge is 2.29. The Morgan fingerprint density at radius 1 is 1.12 bits per heavy atom. The van der Waals surface area contributed by atoms with Crippen LogP contribution in [0.5, 0.6) is 0 Å². The van der Waals surface area contributed by atoms with Gasteiger partial charge in [0.15, 0.2) is 0 Å². The zero-order valence-electron chi connectivity index (χ0n) is 19.0. The number of nitrogens with one attached hydrogen (secondary N) is 1. The number of amides is 1. The number of ether oxygens (including phenoxy) is 1. The number of nitrogens with zero attached hydrogens (tertiary/aromatic N) is 3. The number of carbonyl (C=O) groups excluding carboxylic acids is 1. The van der Waals surface area contributed by atoms with E-state index in [0.717, 1.165) is 50.5 Å². The van der Waals surface area contributed by atoms with Crippen LogP contribution in [0.25, 0.3) is 0 Å². The Morgan fingerprint density at radius 3 is 2.62 bits per heavy atom. The Bertz CT molecular complexity index is 902. The van der Waals surface area contributed by atoms with Crippen molar-refractivity contribution in [3.63, 3.8) is 0 Å². The third kappa shape index (κ3) is 5.65. The first-order valence-corrected chi connectivity index (χ1v) is 11.4. The Labute approximate surface area is 189 Å². The van der Waals surface area contributed by atoms with Gasteiger partial charge in [-0.1, -0.05) is 30.3 Å². The highest BCUT2D eigenvalue weighted by Crippen LogP contribution is 2.28. The summed E-state index contributed by atoms with van der Waals surface area (Å²) in [5.41, 5.74) is 3.01. The number of halogens is 1. The molecular weight excluding hydrogens is 407 g/mol. The Kier molecular flexibility index (Phi) is 7.40. The van der Waals surface area contributed by atoms with Gasteiger partial charge in [-0.25, -0.2) is 4.39 Å². The molecule has 2 atom stereocenters. The first-order chi connectivity index (χ1) is 15.5. The topological polar surface area (TPSA) is 48.1 Å². The maximum Gasteiger partial charge on any atom is 0.250 e. The standard InChI is InChI=1S/C25H33FN4O2/c1-19(22-16-21(26)8-9-23(22)30-12-10-28(2)11-13-30)27-25(31)24-18-29(14-15-32-24)17-20-6-4-3-5-7-20/h3-9,16,19,24H,10-15,17-18H2,1-2H3,(H,27,31). The van der Waals surface area contributed by atoms with Crippen molar-refractivity contribution in [1.82, 2.24) is 15.1 Å². The highest BCUT2D eigenvalue weighted by atomic mass is 19.1. The third-order valence-electron chi connectivity index (χ3n) is 6.35. The summed E-state index contributed by atoms with van der Waals surface area (Å²) in [5, 5.41) is 3.07. The van der Waals surface area contributed by atoms with E-state index >= 15 is 0 Å². The van der Waals surface area contributed by atoms with Gasteiger partial charge >= 0.3 is 0 Å². The highest BCUT2D eigenvalue weighted by molar-refractivity contribution is 5.81. The summed E-state index contributed by atoms with van der Waals surface area (Å²) in [5.74, 6) is -0.439. The SMILES string of the molecule is CC(NC(=O)C1CN(Cc2ccccc2)CCO1)c1cc(F)ccc1N1CCN(C)CC1. The lowest BCUT2D eigenvalue weighted by atomic mass is 10.0. The molecule has 2 fully saturated rings. The van der Waals surface area contributed by atoms with Crippen molar-refractivity contribution in [2.24, 2.45) is 0 Å². The smallest absolute Gasteiger partial charge is 0.250 e. The van der Waals surface area contributed by atoms with Crippen molar-refractivity contribution < 1.29 is 13.9 Å². The third-order valence-corrected chi connectivity index (χ3v) is 6.35. The van der Waals surface area contributed by atoms with Crippen molar-refractivity contribution in [1.29, 1.82) is 0 Å². The monoisotopic (exact) mass is 440 g/mol. The van der Waals surface area contributed by atoms with Crippen LogP contribution in [0, 0.1) is 5.82 Å². The van der Waals surface area contributed by atoms with Crippen molar-refractivity contribution >= 4 is 11.6 Å². The van der Waals surface area contributed by atoms with Gasteiger partial charge < -0.3 is 19.9 Å². The van der Waals surface area contributed by atoms with E-state index in [1.807, 2.05) is 31.2 Å². The summed E-state index contributed by atoms with van der Waals surface area (Å²) in [4.78, 5) is 19.8. The van der Waals surface area contributed by atoms with Gasteiger partial charge in [0.05, 0.1) is 12.6 Å². The summed E-state index contributed by atoms with van der Waals surface area (Å²) < 4.78 is 19.9. The predicted molar refractivity (Wildman–Crippen MR) is 124 cm³/mol. The molecule has 6 nitrogen and oxygen atoms in total. The zero-order valence-corrected chi connectivity index (χ0v) is 19.0. The molecular formula is C25H33FN4O2. The van der Waals surface area contributed by atoms with E-state index in [2.05, 4.69) is 39.2 Å². The van der Waals surface area contributed by atoms with Crippen LogP contribution < -0.4 is 10.2 Å². The van der Waals surface area contributed by atoms with E-state index in [4.69, 9.17) is 4.74 Å². The number of hydrogen-bond donors (Lipinski definition) is 1. The molecule has 2 aliphatic rings. The van der Waals surface area contributed by atoms with Gasteiger partial charge in [-0.15, -0.1) is 0 Å². The van der Waals surface area contributed by atoms with Crippen LogP contribution in [0.15, 0.2) is 48.5 Å². The molecule has 0 radical (unpaired) electrons. The molecule has 1 amide bonds. The molecule has 2 saturated heterocycles. The van der Waals surface area contributed by atoms with Crippen LogP contribution in [0.4, 0.5) is 10.1 Å². The summed E-state index contributed by atoms with van der Waals surface area (Å²) in [6.45, 7) is 8.26. The number of piperazine rings is 1. The number of likely N-dealkylation sites (N-methyl/N-ethyl adjacent to an activating group) is 1. The van der Waals surface area contributed by atoms with Crippen molar-refractivity contribution in [2.45, 2.75) is 25.6 Å². The summed E-state index contributed by atoms with van der Waals surface area (Å²) in [6.07, 6.45) is -0.532. The average Bonchev–Trinajstić information content (AvgIpc) is 2.80. The Morgan fingerprint density at radius 2 is 1.88 bits per heavy atom. The number of morpholine rings is 1. The van der Waals surface area contributed by atoms with Crippen LogP contribution in [-0.2, 0) is 16.1 Å². The first kappa shape index (κ1) is 22.7. The minimum absolute atomic E-state index is 0.149. The van der Waals surface area contributed by atoms with Gasteiger partial charge in [-0.3, -0.25) is 9.69 Å². The van der Waals surface area contributed by atoms with E-state index in [0.29, 0.717) is 13.2 Å². The molecule has 4 rings (SSSR count). The van der Waals surface area contributed by atoms with E-state index in [9.17, 15) is 9.18 Å². The first-order valence-electron chi connectivity index (χ1n) is 11.4. The molecule has 2 aromatic carbocycles. The molecule has 1 N–H and O–H groups in total. The maximum absolute atomic E-state index is 14.1. The number of anilines is 1. The molecule has 0 spiro atoms. The minimum Gasteiger partial charge on any atom is -0.369 e. The van der Waals surface area contributed by atoms with Crippen LogP contribution in [0.1, 0.15) is 24.1 Å². The normalized spacial score (nSPS) is 21.3. The molecule has 7 heteroatoms. The second-order valence-electron chi connectivity index (χ2n) is 8.80. The van der Waals surface area contributed by atoms with Gasteiger partial charge in [-0.05, 0) is 37.7 Å². The van der Waals surface area contributed by atoms with E-state index in [-0.39, 0.29) is 17.8 Å². The molecule has 2 aromatic rings. The molecule has 2 aliphatic heterocycles. The lowest BCUT2D eigenvalue weighted by molar-refractivity contribution is -0.139. The van der Waals surface area contributed by atoms with Crippen LogP contribution in [0.3, 0.4) is 0 Å². The molecule has 2 heterocycles. The number of carbonyl (C=O) groups is 1. The van der Waals surface area contributed by atoms with Crippen molar-refractivity contribution in [2.75, 3.05) is 57.8 Å². The fraction of sp³-hybridized carbons (Fsp3) is 0.480. The summed E-state index contributed by atoms with van der Waals surface area (Å²) >= 11 is 0. The lowest BCUT2D eigenvalue weighted by Crippen LogP contribution is -2.50. The lowest BCUT2D eigenvalue weighted by Gasteiger charge is -2.36. The molecule has 172 valence electrons. The zero-order chi connectivity index (χ0) is 22.5. The molecule has 32 heavy (non-hydrogen) atoms. The predicted octanol–water partition coefficient (Wildman–Crippen LogP) is 2.66. The molecule has 2 unspecified atom stereocenters. The molecule has 0 aromatic heterocycles. The van der Waals surface area contributed by atoms with Crippen molar-refractivity contribution in [3.8, 4) is 0 Å². The Hall–Kier alpha value is -2.48. The maximum atomic E-state index is 14.1. The van der Waals surface area contributed by atoms with Gasteiger partial charge in [0.25, 0.3) is 5.91 Å². The molecule has 0 saturated carbocycles.